The molecule has 2 aromatic carbocycles. The highest BCUT2D eigenvalue weighted by Crippen LogP contribution is 2.16. The van der Waals surface area contributed by atoms with Crippen molar-refractivity contribution in [2.75, 3.05) is 0 Å². The Morgan fingerprint density at radius 1 is 1.17 bits per heavy atom. The highest BCUT2D eigenvalue weighted by Gasteiger charge is 2.13. The number of rotatable bonds is 6. The van der Waals surface area contributed by atoms with Gasteiger partial charge in [-0.25, -0.2) is 5.43 Å². The summed E-state index contributed by atoms with van der Waals surface area (Å²) in [5.74, 6) is 0.254. The van der Waals surface area contributed by atoms with Crippen LogP contribution in [0.3, 0.4) is 0 Å². The number of hydrogen-bond donors (Lipinski definition) is 1. The topological polar surface area (TPSA) is 50.7 Å². The molecule has 0 spiro atoms. The summed E-state index contributed by atoms with van der Waals surface area (Å²) in [4.78, 5) is 12.0. The van der Waals surface area contributed by atoms with Gasteiger partial charge in [-0.2, -0.15) is 5.10 Å². The van der Waals surface area contributed by atoms with Crippen LogP contribution in [0.4, 0.5) is 0 Å². The number of hydrogen-bond acceptors (Lipinski definition) is 3. The van der Waals surface area contributed by atoms with Gasteiger partial charge in [0.25, 0.3) is 5.91 Å². The number of nitrogens with one attached hydrogen (secondary N) is 1. The molecule has 0 heterocycles. The maximum Gasteiger partial charge on any atom is 0.280 e. The molecule has 1 atom stereocenters. The lowest BCUT2D eigenvalue weighted by Gasteiger charge is -2.13. The monoisotopic (exact) mass is 342 g/mol. The second-order valence-electron chi connectivity index (χ2n) is 5.19. The van der Waals surface area contributed by atoms with Crippen molar-refractivity contribution in [3.63, 3.8) is 0 Å². The van der Waals surface area contributed by atoms with Crippen LogP contribution >= 0.6 is 11.6 Å². The zero-order chi connectivity index (χ0) is 17.4. The smallest absolute Gasteiger partial charge is 0.280 e. The normalized spacial score (nSPS) is 12.9. The number of allylic oxidation sites excluding steroid dienone is 1. The molecule has 2 rings (SSSR count). The van der Waals surface area contributed by atoms with Crippen molar-refractivity contribution in [2.24, 2.45) is 5.10 Å². The van der Waals surface area contributed by atoms with Crippen molar-refractivity contribution in [3.05, 3.63) is 71.3 Å². The Kier molecular flexibility index (Phi) is 6.58. The third-order valence-corrected chi connectivity index (χ3v) is 3.41. The zero-order valence-corrected chi connectivity index (χ0v) is 14.3. The second kappa shape index (κ2) is 8.89. The van der Waals surface area contributed by atoms with E-state index in [2.05, 4.69) is 10.5 Å². The molecule has 1 N–H and O–H groups in total. The van der Waals surface area contributed by atoms with Crippen molar-refractivity contribution in [3.8, 4) is 5.75 Å². The number of amides is 1. The van der Waals surface area contributed by atoms with Gasteiger partial charge in [0.2, 0.25) is 0 Å². The quantitative estimate of drug-likeness (QED) is 0.628. The molecule has 0 fully saturated rings. The molecule has 0 saturated carbocycles. The number of ether oxygens (including phenoxy) is 1. The highest BCUT2D eigenvalue weighted by molar-refractivity contribution is 6.30. The minimum Gasteiger partial charge on any atom is -0.481 e. The summed E-state index contributed by atoms with van der Waals surface area (Å²) in [7, 11) is 0. The minimum atomic E-state index is -0.666. The summed E-state index contributed by atoms with van der Waals surface area (Å²) in [6.45, 7) is 3.47. The minimum absolute atomic E-state index is 0.322. The van der Waals surface area contributed by atoms with Gasteiger partial charge in [0.05, 0.1) is 5.71 Å². The molecule has 0 aliphatic carbocycles. The molecule has 24 heavy (non-hydrogen) atoms. The number of carbonyl (C=O) groups is 1. The molecule has 0 radical (unpaired) electrons. The van der Waals surface area contributed by atoms with Gasteiger partial charge >= 0.3 is 0 Å². The SMILES string of the molecule is CC(C=Cc1ccccc1)=NNC(=O)C(C)Oc1ccc(Cl)cc1. The molecule has 0 aliphatic heterocycles. The van der Waals surface area contributed by atoms with Crippen molar-refractivity contribution in [2.45, 2.75) is 20.0 Å². The Bertz CT molecular complexity index is 725. The summed E-state index contributed by atoms with van der Waals surface area (Å²) in [6.07, 6.45) is 3.10. The highest BCUT2D eigenvalue weighted by atomic mass is 35.5. The third kappa shape index (κ3) is 5.89. The summed E-state index contributed by atoms with van der Waals surface area (Å²) >= 11 is 5.81. The van der Waals surface area contributed by atoms with Crippen LogP contribution in [-0.4, -0.2) is 17.7 Å². The van der Waals surface area contributed by atoms with Crippen LogP contribution in [0, 0.1) is 0 Å². The lowest BCUT2D eigenvalue weighted by atomic mass is 10.2. The van der Waals surface area contributed by atoms with E-state index in [1.165, 1.54) is 0 Å². The van der Waals surface area contributed by atoms with E-state index in [4.69, 9.17) is 16.3 Å². The number of halogens is 1. The van der Waals surface area contributed by atoms with E-state index in [0.29, 0.717) is 16.5 Å². The van der Waals surface area contributed by atoms with Crippen molar-refractivity contribution in [1.29, 1.82) is 0 Å². The van der Waals surface area contributed by atoms with Crippen LogP contribution in [-0.2, 0) is 4.79 Å². The number of hydrazone groups is 1. The molecular weight excluding hydrogens is 324 g/mol. The van der Waals surface area contributed by atoms with Crippen molar-refractivity contribution in [1.82, 2.24) is 5.43 Å². The van der Waals surface area contributed by atoms with Gasteiger partial charge in [0.15, 0.2) is 6.10 Å². The fraction of sp³-hybridized carbons (Fsp3) is 0.158. The molecule has 4 nitrogen and oxygen atoms in total. The molecule has 0 aromatic heterocycles. The fourth-order valence-electron chi connectivity index (χ4n) is 1.82. The predicted molar refractivity (Wildman–Crippen MR) is 98.3 cm³/mol. The van der Waals surface area contributed by atoms with Gasteiger partial charge in [-0.05, 0) is 49.8 Å². The number of nitrogens with zero attached hydrogens (tertiary/aromatic N) is 1. The van der Waals surface area contributed by atoms with Crippen LogP contribution in [0.25, 0.3) is 6.08 Å². The lowest BCUT2D eigenvalue weighted by Crippen LogP contribution is -2.33. The Balaban J connectivity index is 1.86. The summed E-state index contributed by atoms with van der Waals surface area (Å²) < 4.78 is 5.53. The van der Waals surface area contributed by atoms with Gasteiger partial charge in [-0.1, -0.05) is 48.0 Å². The molecular formula is C19H19ClN2O2. The van der Waals surface area contributed by atoms with E-state index in [1.807, 2.05) is 49.4 Å². The molecule has 1 unspecified atom stereocenters. The molecule has 0 saturated heterocycles. The van der Waals surface area contributed by atoms with Crippen LogP contribution < -0.4 is 10.2 Å². The van der Waals surface area contributed by atoms with Gasteiger partial charge in [0, 0.05) is 5.02 Å². The van der Waals surface area contributed by atoms with Gasteiger partial charge < -0.3 is 4.74 Å². The Morgan fingerprint density at radius 2 is 1.83 bits per heavy atom. The average molecular weight is 343 g/mol. The van der Waals surface area contributed by atoms with Crippen LogP contribution in [0.5, 0.6) is 5.75 Å². The maximum atomic E-state index is 12.0. The third-order valence-electron chi connectivity index (χ3n) is 3.15. The molecule has 5 heteroatoms. The summed E-state index contributed by atoms with van der Waals surface area (Å²) in [5.41, 5.74) is 4.25. The van der Waals surface area contributed by atoms with E-state index < -0.39 is 6.10 Å². The van der Waals surface area contributed by atoms with Crippen LogP contribution in [0.2, 0.25) is 5.02 Å². The van der Waals surface area contributed by atoms with Crippen molar-refractivity contribution < 1.29 is 9.53 Å². The van der Waals surface area contributed by atoms with Crippen LogP contribution in [0.1, 0.15) is 19.4 Å². The molecule has 124 valence electrons. The zero-order valence-electron chi connectivity index (χ0n) is 13.6. The maximum absolute atomic E-state index is 12.0. The molecule has 1 amide bonds. The van der Waals surface area contributed by atoms with E-state index in [-0.39, 0.29) is 5.91 Å². The predicted octanol–water partition coefficient (Wildman–Crippen LogP) is 4.31. The Hall–Kier alpha value is -2.59. The van der Waals surface area contributed by atoms with Gasteiger partial charge in [0.1, 0.15) is 5.75 Å². The summed E-state index contributed by atoms with van der Waals surface area (Å²) in [6, 6.07) is 16.7. The van der Waals surface area contributed by atoms with E-state index in [0.717, 1.165) is 5.56 Å². The largest absolute Gasteiger partial charge is 0.481 e. The molecule has 2 aromatic rings. The van der Waals surface area contributed by atoms with Crippen molar-refractivity contribution >= 4 is 29.3 Å². The van der Waals surface area contributed by atoms with Gasteiger partial charge in [-0.3, -0.25) is 4.79 Å². The standard InChI is InChI=1S/C19H19ClN2O2/c1-14(8-9-16-6-4-3-5-7-16)21-22-19(23)15(2)24-18-12-10-17(20)11-13-18/h3-13,15H,1-2H3,(H,22,23). The second-order valence-corrected chi connectivity index (χ2v) is 5.62. The molecule has 0 bridgehead atoms. The van der Waals surface area contributed by atoms with Crippen LogP contribution in [0.15, 0.2) is 65.8 Å². The first kappa shape index (κ1) is 17.8. The first-order valence-electron chi connectivity index (χ1n) is 7.54. The fourth-order valence-corrected chi connectivity index (χ4v) is 1.95. The lowest BCUT2D eigenvalue weighted by molar-refractivity contribution is -0.127. The first-order valence-corrected chi connectivity index (χ1v) is 7.92. The van der Waals surface area contributed by atoms with E-state index in [1.54, 1.807) is 31.2 Å². The average Bonchev–Trinajstić information content (AvgIpc) is 2.60. The number of carbonyl (C=O) groups excluding carboxylic acids is 1. The Morgan fingerprint density at radius 3 is 2.50 bits per heavy atom. The summed E-state index contributed by atoms with van der Waals surface area (Å²) in [5, 5.41) is 4.66. The first-order chi connectivity index (χ1) is 11.5. The molecule has 0 aliphatic rings. The Labute approximate surface area is 146 Å². The number of benzene rings is 2. The van der Waals surface area contributed by atoms with E-state index in [9.17, 15) is 4.79 Å². The van der Waals surface area contributed by atoms with Gasteiger partial charge in [-0.15, -0.1) is 0 Å². The van der Waals surface area contributed by atoms with E-state index >= 15 is 0 Å².